The van der Waals surface area contributed by atoms with Gasteiger partial charge in [0.25, 0.3) is 5.91 Å². The van der Waals surface area contributed by atoms with Crippen LogP contribution in [-0.2, 0) is 4.79 Å². The third-order valence-electron chi connectivity index (χ3n) is 3.79. The molecule has 2 rings (SSSR count). The highest BCUT2D eigenvalue weighted by Crippen LogP contribution is 2.22. The molecule has 0 fully saturated rings. The summed E-state index contributed by atoms with van der Waals surface area (Å²) < 4.78 is 7.17. The number of carbonyl (C=O) groups is 2. The van der Waals surface area contributed by atoms with E-state index in [-0.39, 0.29) is 18.4 Å². The number of nitrogens with zero attached hydrogens (tertiary/aromatic N) is 1. The highest BCUT2D eigenvalue weighted by atomic mass is 16.5. The monoisotopic (exact) mass is 329 g/mol. The average molecular weight is 329 g/mol. The number of aryl methyl sites for hydroxylation is 1. The molecule has 2 aromatic rings. The lowest BCUT2D eigenvalue weighted by Gasteiger charge is -2.11. The van der Waals surface area contributed by atoms with Crippen molar-refractivity contribution < 1.29 is 14.3 Å². The maximum atomic E-state index is 12.3. The molecule has 0 spiro atoms. The van der Waals surface area contributed by atoms with Gasteiger partial charge >= 0.3 is 0 Å². The number of benzene rings is 1. The summed E-state index contributed by atoms with van der Waals surface area (Å²) in [5.41, 5.74) is 3.29. The Morgan fingerprint density at radius 3 is 2.38 bits per heavy atom. The van der Waals surface area contributed by atoms with Crippen LogP contribution in [-0.4, -0.2) is 36.6 Å². The lowest BCUT2D eigenvalue weighted by atomic mass is 10.2. The summed E-state index contributed by atoms with van der Waals surface area (Å²) >= 11 is 0. The minimum absolute atomic E-state index is 0.0289. The van der Waals surface area contributed by atoms with Crippen molar-refractivity contribution in [3.05, 3.63) is 47.3 Å². The molecule has 6 nitrogen and oxygen atoms in total. The molecule has 0 aliphatic heterocycles. The van der Waals surface area contributed by atoms with Crippen molar-refractivity contribution >= 4 is 11.8 Å². The second kappa shape index (κ2) is 7.68. The fourth-order valence-corrected chi connectivity index (χ4v) is 2.64. The maximum absolute atomic E-state index is 12.3. The van der Waals surface area contributed by atoms with Crippen LogP contribution < -0.4 is 15.4 Å². The normalized spacial score (nSPS) is 10.3. The van der Waals surface area contributed by atoms with Gasteiger partial charge in [0.1, 0.15) is 5.75 Å². The highest BCUT2D eigenvalue weighted by Gasteiger charge is 2.17. The molecule has 1 aromatic heterocycles. The lowest BCUT2D eigenvalue weighted by molar-refractivity contribution is -0.120. The Morgan fingerprint density at radius 1 is 1.12 bits per heavy atom. The van der Waals surface area contributed by atoms with Crippen LogP contribution in [0.15, 0.2) is 30.3 Å². The molecule has 0 saturated heterocycles. The van der Waals surface area contributed by atoms with E-state index in [4.69, 9.17) is 4.74 Å². The van der Waals surface area contributed by atoms with Crippen LogP contribution in [0.5, 0.6) is 5.75 Å². The Kier molecular flexibility index (Phi) is 5.63. The summed E-state index contributed by atoms with van der Waals surface area (Å²) in [5.74, 6) is 0.324. The first-order valence-electron chi connectivity index (χ1n) is 7.86. The lowest BCUT2D eigenvalue weighted by Crippen LogP contribution is -2.36. The Balaban J connectivity index is 2.21. The fraction of sp³-hybridized carbons (Fsp3) is 0.333. The van der Waals surface area contributed by atoms with E-state index >= 15 is 0 Å². The molecule has 0 saturated carbocycles. The van der Waals surface area contributed by atoms with Crippen LogP contribution in [0.4, 0.5) is 0 Å². The Hall–Kier alpha value is -2.76. The zero-order valence-corrected chi connectivity index (χ0v) is 14.5. The van der Waals surface area contributed by atoms with Crippen LogP contribution >= 0.6 is 0 Å². The van der Waals surface area contributed by atoms with E-state index in [0.717, 1.165) is 22.8 Å². The number of methoxy groups -OCH3 is 1. The van der Waals surface area contributed by atoms with Crippen molar-refractivity contribution in [3.8, 4) is 11.4 Å². The van der Waals surface area contributed by atoms with Gasteiger partial charge in [-0.05, 0) is 51.1 Å². The van der Waals surface area contributed by atoms with Gasteiger partial charge in [0, 0.05) is 23.6 Å². The van der Waals surface area contributed by atoms with E-state index in [1.165, 1.54) is 0 Å². The zero-order chi connectivity index (χ0) is 17.7. The number of carbonyl (C=O) groups excluding carboxylic acids is 2. The molecule has 6 heteroatoms. The first-order chi connectivity index (χ1) is 11.5. The van der Waals surface area contributed by atoms with Gasteiger partial charge < -0.3 is 19.9 Å². The van der Waals surface area contributed by atoms with Crippen molar-refractivity contribution in [2.45, 2.75) is 20.8 Å². The van der Waals surface area contributed by atoms with E-state index in [0.29, 0.717) is 12.1 Å². The molecule has 2 N–H and O–H groups in total. The molecule has 1 heterocycles. The molecule has 0 unspecified atom stereocenters. The molecular weight excluding hydrogens is 306 g/mol. The Bertz CT molecular complexity index is 733. The largest absolute Gasteiger partial charge is 0.497 e. The van der Waals surface area contributed by atoms with Crippen LogP contribution in [0.1, 0.15) is 28.7 Å². The van der Waals surface area contributed by atoms with Crippen molar-refractivity contribution in [2.75, 3.05) is 20.2 Å². The summed E-state index contributed by atoms with van der Waals surface area (Å²) in [7, 11) is 1.62. The molecule has 0 aliphatic carbocycles. The van der Waals surface area contributed by atoms with Crippen LogP contribution in [0.2, 0.25) is 0 Å². The van der Waals surface area contributed by atoms with Crippen LogP contribution in [0.3, 0.4) is 0 Å². The number of rotatable bonds is 6. The Labute approximate surface area is 141 Å². The smallest absolute Gasteiger partial charge is 0.253 e. The number of nitrogens with one attached hydrogen (secondary N) is 2. The van der Waals surface area contributed by atoms with E-state index in [1.807, 2.05) is 55.7 Å². The van der Waals surface area contributed by atoms with Gasteiger partial charge in [-0.15, -0.1) is 0 Å². The van der Waals surface area contributed by atoms with Crippen LogP contribution in [0, 0.1) is 13.8 Å². The maximum Gasteiger partial charge on any atom is 0.253 e. The number of likely N-dealkylation sites (N-methyl/N-ethyl adjacent to an activating group) is 1. The van der Waals surface area contributed by atoms with Crippen molar-refractivity contribution in [1.82, 2.24) is 15.2 Å². The fourth-order valence-electron chi connectivity index (χ4n) is 2.64. The molecule has 0 radical (unpaired) electrons. The number of hydrogen-bond acceptors (Lipinski definition) is 3. The second-order valence-corrected chi connectivity index (χ2v) is 5.45. The van der Waals surface area contributed by atoms with Crippen molar-refractivity contribution in [2.24, 2.45) is 0 Å². The molecule has 0 bridgehead atoms. The molecule has 128 valence electrons. The van der Waals surface area contributed by atoms with Gasteiger partial charge in [0.05, 0.1) is 19.2 Å². The van der Waals surface area contributed by atoms with E-state index in [1.54, 1.807) is 7.11 Å². The van der Waals surface area contributed by atoms with E-state index < -0.39 is 0 Å². The Morgan fingerprint density at radius 2 is 1.79 bits per heavy atom. The van der Waals surface area contributed by atoms with Gasteiger partial charge in [-0.1, -0.05) is 0 Å². The first-order valence-corrected chi connectivity index (χ1v) is 7.86. The molecule has 24 heavy (non-hydrogen) atoms. The van der Waals surface area contributed by atoms with Gasteiger partial charge in [-0.2, -0.15) is 0 Å². The zero-order valence-electron chi connectivity index (χ0n) is 14.5. The van der Waals surface area contributed by atoms with Gasteiger partial charge in [-0.25, -0.2) is 0 Å². The number of ether oxygens (including phenoxy) is 1. The number of aromatic nitrogens is 1. The average Bonchev–Trinajstić information content (AvgIpc) is 2.88. The third kappa shape index (κ3) is 3.76. The standard InChI is InChI=1S/C18H23N3O3/c1-5-19-17(22)11-20-18(23)16-10-12(2)21(13(16)3)14-6-8-15(24-4)9-7-14/h6-10H,5,11H2,1-4H3,(H,19,22)(H,20,23). The highest BCUT2D eigenvalue weighted by molar-refractivity contribution is 5.97. The molecule has 1 aromatic carbocycles. The summed E-state index contributed by atoms with van der Waals surface area (Å²) in [6, 6.07) is 9.46. The second-order valence-electron chi connectivity index (χ2n) is 5.45. The van der Waals surface area contributed by atoms with Gasteiger partial charge in [-0.3, -0.25) is 9.59 Å². The summed E-state index contributed by atoms with van der Waals surface area (Å²) in [4.78, 5) is 23.8. The summed E-state index contributed by atoms with van der Waals surface area (Å²) in [6.07, 6.45) is 0. The minimum atomic E-state index is -0.255. The van der Waals surface area contributed by atoms with Crippen LogP contribution in [0.25, 0.3) is 5.69 Å². The van der Waals surface area contributed by atoms with Crippen molar-refractivity contribution in [3.63, 3.8) is 0 Å². The third-order valence-corrected chi connectivity index (χ3v) is 3.79. The molecular formula is C18H23N3O3. The molecule has 0 atom stereocenters. The van der Waals surface area contributed by atoms with E-state index in [2.05, 4.69) is 10.6 Å². The van der Waals surface area contributed by atoms with Crippen molar-refractivity contribution in [1.29, 1.82) is 0 Å². The first kappa shape index (κ1) is 17.6. The SMILES string of the molecule is CCNC(=O)CNC(=O)c1cc(C)n(-c2ccc(OC)cc2)c1C. The van der Waals surface area contributed by atoms with E-state index in [9.17, 15) is 9.59 Å². The summed E-state index contributed by atoms with van der Waals surface area (Å²) in [5, 5.41) is 5.30. The molecule has 0 aliphatic rings. The minimum Gasteiger partial charge on any atom is -0.497 e. The quantitative estimate of drug-likeness (QED) is 0.851. The topological polar surface area (TPSA) is 72.4 Å². The molecule has 2 amide bonds. The summed E-state index contributed by atoms with van der Waals surface area (Å²) in [6.45, 7) is 6.18. The predicted octanol–water partition coefficient (Wildman–Crippen LogP) is 1.97. The number of hydrogen-bond donors (Lipinski definition) is 2. The predicted molar refractivity (Wildman–Crippen MR) is 92.8 cm³/mol. The van der Waals surface area contributed by atoms with Gasteiger partial charge in [0.2, 0.25) is 5.91 Å². The van der Waals surface area contributed by atoms with Gasteiger partial charge in [0.15, 0.2) is 0 Å². The number of amides is 2.